The maximum absolute atomic E-state index is 12.7. The monoisotopic (exact) mass is 413 g/mol. The number of amides is 2. The zero-order valence-corrected chi connectivity index (χ0v) is 16.2. The highest BCUT2D eigenvalue weighted by Crippen LogP contribution is 2.38. The number of nitrogens with one attached hydrogen (secondary N) is 2. The third kappa shape index (κ3) is 3.27. The summed E-state index contributed by atoms with van der Waals surface area (Å²) in [5.74, 6) is 1.78. The van der Waals surface area contributed by atoms with E-state index in [9.17, 15) is 9.59 Å². The van der Waals surface area contributed by atoms with Gasteiger partial charge in [-0.05, 0) is 18.2 Å². The molecular formula is C19H15N3O4S2. The van der Waals surface area contributed by atoms with Crippen molar-refractivity contribution in [2.75, 3.05) is 29.6 Å². The van der Waals surface area contributed by atoms with E-state index >= 15 is 0 Å². The Balaban J connectivity index is 1.40. The molecule has 2 amide bonds. The zero-order chi connectivity index (χ0) is 19.1. The number of aromatic nitrogens is 1. The van der Waals surface area contributed by atoms with Crippen LogP contribution in [-0.4, -0.2) is 35.8 Å². The van der Waals surface area contributed by atoms with E-state index in [1.165, 1.54) is 11.3 Å². The molecule has 2 aliphatic rings. The van der Waals surface area contributed by atoms with Crippen molar-refractivity contribution in [3.05, 3.63) is 35.9 Å². The van der Waals surface area contributed by atoms with Crippen LogP contribution in [0, 0.1) is 0 Å². The molecule has 3 aromatic rings. The molecule has 0 fully saturated rings. The summed E-state index contributed by atoms with van der Waals surface area (Å²) in [4.78, 5) is 29.9. The molecule has 0 unspecified atom stereocenters. The van der Waals surface area contributed by atoms with Crippen molar-refractivity contribution in [3.8, 4) is 11.5 Å². The lowest BCUT2D eigenvalue weighted by Crippen LogP contribution is -2.15. The highest BCUT2D eigenvalue weighted by atomic mass is 32.2. The van der Waals surface area contributed by atoms with E-state index in [1.54, 1.807) is 23.9 Å². The third-order valence-corrected chi connectivity index (χ3v) is 6.38. The number of fused-ring (bicyclic) bond motifs is 3. The Morgan fingerprint density at radius 2 is 1.96 bits per heavy atom. The van der Waals surface area contributed by atoms with Gasteiger partial charge in [-0.2, -0.15) is 0 Å². The fraction of sp³-hybridized carbons (Fsp3) is 0.211. The average Bonchev–Trinajstić information content (AvgIpc) is 2.97. The van der Waals surface area contributed by atoms with Crippen molar-refractivity contribution < 1.29 is 19.1 Å². The van der Waals surface area contributed by atoms with Crippen LogP contribution in [-0.2, 0) is 4.79 Å². The molecule has 5 rings (SSSR count). The topological polar surface area (TPSA) is 89.6 Å². The van der Waals surface area contributed by atoms with Gasteiger partial charge in [-0.1, -0.05) is 11.3 Å². The lowest BCUT2D eigenvalue weighted by atomic mass is 10.2. The van der Waals surface area contributed by atoms with Gasteiger partial charge in [-0.15, -0.1) is 11.8 Å². The second-order valence-electron chi connectivity index (χ2n) is 6.29. The SMILES string of the molecule is O=C1CCSc2ccc(C(=O)Nc3nc4cc5c(cc4s3)OCCO5)cc2N1. The highest BCUT2D eigenvalue weighted by molar-refractivity contribution is 7.99. The molecule has 2 N–H and O–H groups in total. The van der Waals surface area contributed by atoms with Gasteiger partial charge in [-0.25, -0.2) is 4.98 Å². The summed E-state index contributed by atoms with van der Waals surface area (Å²) in [7, 11) is 0. The normalized spacial score (nSPS) is 15.5. The molecule has 0 bridgehead atoms. The van der Waals surface area contributed by atoms with Gasteiger partial charge in [-0.3, -0.25) is 14.9 Å². The third-order valence-electron chi connectivity index (χ3n) is 4.38. The largest absolute Gasteiger partial charge is 0.486 e. The first kappa shape index (κ1) is 17.3. The molecule has 0 aliphatic carbocycles. The highest BCUT2D eigenvalue weighted by Gasteiger charge is 2.18. The van der Waals surface area contributed by atoms with E-state index in [0.717, 1.165) is 20.9 Å². The van der Waals surface area contributed by atoms with E-state index in [4.69, 9.17) is 9.47 Å². The van der Waals surface area contributed by atoms with Crippen molar-refractivity contribution >= 4 is 55.9 Å². The first-order chi connectivity index (χ1) is 13.7. The summed E-state index contributed by atoms with van der Waals surface area (Å²) >= 11 is 2.98. The van der Waals surface area contributed by atoms with Gasteiger partial charge in [0.1, 0.15) is 13.2 Å². The standard InChI is InChI=1S/C19H15N3O4S2/c23-17-3-6-27-15-2-1-10(7-11(15)20-17)18(24)22-19-21-12-8-13-14(9-16(12)28-19)26-5-4-25-13/h1-2,7-9H,3-6H2,(H,20,23)(H,21,22,24). The molecular weight excluding hydrogens is 398 g/mol. The maximum Gasteiger partial charge on any atom is 0.257 e. The van der Waals surface area contributed by atoms with E-state index in [2.05, 4.69) is 15.6 Å². The predicted octanol–water partition coefficient (Wildman–Crippen LogP) is 3.75. The predicted molar refractivity (Wildman–Crippen MR) is 109 cm³/mol. The fourth-order valence-corrected chi connectivity index (χ4v) is 4.86. The Morgan fingerprint density at radius 1 is 1.14 bits per heavy atom. The Hall–Kier alpha value is -2.78. The number of anilines is 2. The van der Waals surface area contributed by atoms with Gasteiger partial charge in [0, 0.05) is 34.8 Å². The summed E-state index contributed by atoms with van der Waals surface area (Å²) in [5.41, 5.74) is 1.88. The van der Waals surface area contributed by atoms with Gasteiger partial charge in [0.2, 0.25) is 5.91 Å². The van der Waals surface area contributed by atoms with E-state index in [-0.39, 0.29) is 11.8 Å². The van der Waals surface area contributed by atoms with Crippen molar-refractivity contribution in [2.45, 2.75) is 11.3 Å². The Bertz CT molecular complexity index is 1070. The van der Waals surface area contributed by atoms with Crippen molar-refractivity contribution in [1.29, 1.82) is 0 Å². The van der Waals surface area contributed by atoms with Crippen LogP contribution < -0.4 is 20.1 Å². The fourth-order valence-electron chi connectivity index (χ4n) is 3.05. The molecule has 0 radical (unpaired) electrons. The van der Waals surface area contributed by atoms with Crippen molar-refractivity contribution in [3.63, 3.8) is 0 Å². The van der Waals surface area contributed by atoms with Crippen LogP contribution in [0.1, 0.15) is 16.8 Å². The van der Waals surface area contributed by atoms with Crippen LogP contribution in [0.25, 0.3) is 10.2 Å². The summed E-state index contributed by atoms with van der Waals surface area (Å²) in [6.07, 6.45) is 0.462. The van der Waals surface area contributed by atoms with E-state index < -0.39 is 0 Å². The van der Waals surface area contributed by atoms with E-state index in [1.807, 2.05) is 18.2 Å². The lowest BCUT2D eigenvalue weighted by Gasteiger charge is -2.17. The molecule has 0 saturated heterocycles. The Labute approximate surface area is 168 Å². The summed E-state index contributed by atoms with van der Waals surface area (Å²) in [6.45, 7) is 1.04. The van der Waals surface area contributed by atoms with Gasteiger partial charge < -0.3 is 14.8 Å². The molecule has 0 saturated carbocycles. The molecule has 1 aromatic heterocycles. The van der Waals surface area contributed by atoms with Crippen LogP contribution in [0.15, 0.2) is 35.2 Å². The summed E-state index contributed by atoms with van der Waals surface area (Å²) in [5, 5.41) is 6.19. The molecule has 7 nitrogen and oxygen atoms in total. The lowest BCUT2D eigenvalue weighted by molar-refractivity contribution is -0.115. The first-order valence-electron chi connectivity index (χ1n) is 8.74. The Kier molecular flexibility index (Phi) is 4.33. The molecule has 2 aromatic carbocycles. The van der Waals surface area contributed by atoms with Crippen LogP contribution in [0.3, 0.4) is 0 Å². The number of ether oxygens (including phenoxy) is 2. The number of carbonyl (C=O) groups excluding carboxylic acids is 2. The molecule has 2 aliphatic heterocycles. The van der Waals surface area contributed by atoms with Crippen LogP contribution >= 0.6 is 23.1 Å². The molecule has 28 heavy (non-hydrogen) atoms. The summed E-state index contributed by atoms with van der Waals surface area (Å²) in [6, 6.07) is 9.03. The van der Waals surface area contributed by atoms with E-state index in [0.29, 0.717) is 47.5 Å². The minimum absolute atomic E-state index is 0.0385. The van der Waals surface area contributed by atoms with Gasteiger partial charge >= 0.3 is 0 Å². The molecule has 0 spiro atoms. The molecule has 0 atom stereocenters. The smallest absolute Gasteiger partial charge is 0.257 e. The van der Waals surface area contributed by atoms with Crippen molar-refractivity contribution in [2.24, 2.45) is 0 Å². The molecule has 3 heterocycles. The number of hydrogen-bond acceptors (Lipinski definition) is 7. The number of rotatable bonds is 2. The zero-order valence-electron chi connectivity index (χ0n) is 14.6. The quantitative estimate of drug-likeness (QED) is 0.665. The second-order valence-corrected chi connectivity index (χ2v) is 8.46. The number of thioether (sulfide) groups is 1. The summed E-state index contributed by atoms with van der Waals surface area (Å²) < 4.78 is 12.1. The number of hydrogen-bond donors (Lipinski definition) is 2. The number of nitrogens with zero attached hydrogens (tertiary/aromatic N) is 1. The van der Waals surface area contributed by atoms with Gasteiger partial charge in [0.15, 0.2) is 16.6 Å². The van der Waals surface area contributed by atoms with Crippen LogP contribution in [0.2, 0.25) is 0 Å². The second kappa shape index (κ2) is 6.99. The van der Waals surface area contributed by atoms with Crippen molar-refractivity contribution in [1.82, 2.24) is 4.98 Å². The minimum Gasteiger partial charge on any atom is -0.486 e. The van der Waals surface area contributed by atoms with Gasteiger partial charge in [0.05, 0.1) is 15.9 Å². The number of benzene rings is 2. The minimum atomic E-state index is -0.275. The Morgan fingerprint density at radius 3 is 2.82 bits per heavy atom. The molecule has 142 valence electrons. The average molecular weight is 413 g/mol. The molecule has 9 heteroatoms. The number of thiazole rings is 1. The number of carbonyl (C=O) groups is 2. The first-order valence-corrected chi connectivity index (χ1v) is 10.5. The van der Waals surface area contributed by atoms with Crippen LogP contribution in [0.5, 0.6) is 11.5 Å². The van der Waals surface area contributed by atoms with Crippen LogP contribution in [0.4, 0.5) is 10.8 Å². The maximum atomic E-state index is 12.7. The van der Waals surface area contributed by atoms with Gasteiger partial charge in [0.25, 0.3) is 5.91 Å².